The minimum absolute atomic E-state index is 0.0140. The van der Waals surface area contributed by atoms with Crippen LogP contribution in [0.25, 0.3) is 44.2 Å². The number of fused-ring (bicyclic) bond motifs is 10. The number of benzene rings is 9. The van der Waals surface area contributed by atoms with E-state index in [1.807, 2.05) is 0 Å². The lowest BCUT2D eigenvalue weighted by Crippen LogP contribution is -2.49. The Labute approximate surface area is 372 Å². The first-order valence-corrected chi connectivity index (χ1v) is 28.6. The minimum atomic E-state index is -1.89. The zero-order valence-corrected chi connectivity index (χ0v) is 38.3. The Kier molecular flexibility index (Phi) is 7.70. The molecule has 2 aliphatic heterocycles. The van der Waals surface area contributed by atoms with Crippen molar-refractivity contribution in [3.05, 3.63) is 205 Å². The van der Waals surface area contributed by atoms with E-state index in [0.717, 1.165) is 12.8 Å². The maximum absolute atomic E-state index is 2.54. The summed E-state index contributed by atoms with van der Waals surface area (Å²) in [4.78, 5) is 5.02. The number of hydrogen-bond acceptors (Lipinski definition) is 2. The quantitative estimate of drug-likeness (QED) is 0.154. The molecule has 0 bridgehead atoms. The lowest BCUT2D eigenvalue weighted by Gasteiger charge is -2.34. The Morgan fingerprint density at radius 1 is 0.349 bits per heavy atom. The maximum atomic E-state index is 2.54. The average Bonchev–Trinajstić information content (AvgIpc) is 4.04. The molecule has 13 rings (SSSR count). The van der Waals surface area contributed by atoms with Gasteiger partial charge < -0.3 is 9.80 Å². The van der Waals surface area contributed by atoms with Gasteiger partial charge in [0.15, 0.2) is 0 Å². The summed E-state index contributed by atoms with van der Waals surface area (Å²) in [5, 5.41) is 8.84. The Balaban J connectivity index is 0.964. The van der Waals surface area contributed by atoms with Crippen molar-refractivity contribution in [2.24, 2.45) is 0 Å². The van der Waals surface area contributed by atoms with Crippen molar-refractivity contribution in [3.8, 4) is 33.4 Å². The van der Waals surface area contributed by atoms with Gasteiger partial charge in [-0.25, -0.2) is 0 Å². The number of hydrogen-bond donors (Lipinski definition) is 0. The van der Waals surface area contributed by atoms with Crippen LogP contribution in [0.1, 0.15) is 24.0 Å². The summed E-state index contributed by atoms with van der Waals surface area (Å²) in [7, 11) is -3.76. The molecule has 0 amide bonds. The first kappa shape index (κ1) is 36.9. The van der Waals surface area contributed by atoms with Gasteiger partial charge in [0, 0.05) is 39.2 Å². The van der Waals surface area contributed by atoms with Crippen molar-refractivity contribution in [2.75, 3.05) is 9.80 Å². The highest BCUT2D eigenvalue weighted by molar-refractivity contribution is 7.04. The largest absolute Gasteiger partial charge is 0.310 e. The molecule has 63 heavy (non-hydrogen) atoms. The van der Waals surface area contributed by atoms with Crippen LogP contribution < -0.4 is 30.5 Å². The molecule has 302 valence electrons. The summed E-state index contributed by atoms with van der Waals surface area (Å²) >= 11 is 0. The van der Waals surface area contributed by atoms with Crippen LogP contribution in [0.3, 0.4) is 0 Å². The third kappa shape index (κ3) is 5.17. The molecule has 0 aromatic heterocycles. The van der Waals surface area contributed by atoms with Crippen LogP contribution in [0.2, 0.25) is 26.2 Å². The summed E-state index contributed by atoms with van der Waals surface area (Å²) in [6, 6.07) is 74.0. The van der Waals surface area contributed by atoms with Crippen molar-refractivity contribution >= 4 is 81.8 Å². The normalized spacial score (nSPS) is 15.9. The molecule has 4 aliphatic rings. The van der Waals surface area contributed by atoms with Crippen LogP contribution in [0.15, 0.2) is 194 Å². The predicted molar refractivity (Wildman–Crippen MR) is 273 cm³/mol. The Hall–Kier alpha value is -6.73. The maximum Gasteiger partial charge on any atom is 0.113 e. The molecule has 1 saturated carbocycles. The summed E-state index contributed by atoms with van der Waals surface area (Å²) in [5.41, 5.74) is 18.5. The monoisotopic (exact) mass is 840 g/mol. The third-order valence-electron chi connectivity index (χ3n) is 15.3. The molecule has 2 nitrogen and oxygen atoms in total. The molecule has 9 aromatic carbocycles. The van der Waals surface area contributed by atoms with Gasteiger partial charge in [-0.2, -0.15) is 0 Å². The molecule has 4 heteroatoms. The molecule has 2 aliphatic carbocycles. The van der Waals surface area contributed by atoms with Crippen molar-refractivity contribution < 1.29 is 0 Å². The first-order valence-electron chi connectivity index (χ1n) is 22.6. The Bertz CT molecular complexity index is 3360. The van der Waals surface area contributed by atoms with Crippen LogP contribution in [0, 0.1) is 0 Å². The topological polar surface area (TPSA) is 6.48 Å². The molecular weight excluding hydrogens is 793 g/mol. The fourth-order valence-electron chi connectivity index (χ4n) is 12.0. The van der Waals surface area contributed by atoms with E-state index >= 15 is 0 Å². The van der Waals surface area contributed by atoms with E-state index in [9.17, 15) is 0 Å². The third-order valence-corrected chi connectivity index (χ3v) is 22.4. The number of anilines is 6. The Morgan fingerprint density at radius 3 is 1.41 bits per heavy atom. The SMILES string of the molecule is C[Si]1(C)c2ccccc2-c2ccc(N(c3ccccc3)c3ccc4c(c3)C3(CC3)c3ccc(N(c5ccccc5)c5ccc6c(c5)[Si](C)(C)c5ccccc5-6)c5cccc-4c35)cc21. The summed E-state index contributed by atoms with van der Waals surface area (Å²) in [6.45, 7) is 10.1. The molecule has 0 unspecified atom stereocenters. The second-order valence-corrected chi connectivity index (χ2v) is 28.0. The second-order valence-electron chi connectivity index (χ2n) is 19.3. The highest BCUT2D eigenvalue weighted by Gasteiger charge is 2.51. The van der Waals surface area contributed by atoms with E-state index in [0.29, 0.717) is 0 Å². The van der Waals surface area contributed by atoms with Gasteiger partial charge in [-0.15, -0.1) is 0 Å². The second kappa shape index (κ2) is 13.1. The van der Waals surface area contributed by atoms with Gasteiger partial charge in [0.05, 0.1) is 5.69 Å². The zero-order valence-electron chi connectivity index (χ0n) is 36.3. The lowest BCUT2D eigenvalue weighted by atomic mass is 9.74. The van der Waals surface area contributed by atoms with Gasteiger partial charge >= 0.3 is 0 Å². The predicted octanol–water partition coefficient (Wildman–Crippen LogP) is 13.4. The van der Waals surface area contributed by atoms with E-state index in [-0.39, 0.29) is 5.41 Å². The molecule has 0 atom stereocenters. The van der Waals surface area contributed by atoms with Crippen molar-refractivity contribution in [1.82, 2.24) is 0 Å². The molecular formula is C59H48N2Si2. The van der Waals surface area contributed by atoms with Crippen molar-refractivity contribution in [2.45, 2.75) is 44.4 Å². The van der Waals surface area contributed by atoms with Gasteiger partial charge in [0.25, 0.3) is 0 Å². The minimum Gasteiger partial charge on any atom is -0.310 e. The average molecular weight is 841 g/mol. The molecule has 2 heterocycles. The fourth-order valence-corrected chi connectivity index (χ4v) is 18.2. The van der Waals surface area contributed by atoms with Gasteiger partial charge in [0.1, 0.15) is 16.1 Å². The number of para-hydroxylation sites is 2. The van der Waals surface area contributed by atoms with Crippen LogP contribution in [0.4, 0.5) is 34.1 Å². The smallest absolute Gasteiger partial charge is 0.113 e. The molecule has 1 spiro atoms. The molecule has 1 fully saturated rings. The molecule has 0 N–H and O–H groups in total. The van der Waals surface area contributed by atoms with E-state index < -0.39 is 16.1 Å². The van der Waals surface area contributed by atoms with Gasteiger partial charge in [0.2, 0.25) is 0 Å². The highest BCUT2D eigenvalue weighted by atomic mass is 28.3. The van der Waals surface area contributed by atoms with Gasteiger partial charge in [-0.3, -0.25) is 0 Å². The Morgan fingerprint density at radius 2 is 0.825 bits per heavy atom. The van der Waals surface area contributed by atoms with E-state index in [1.54, 1.807) is 5.19 Å². The van der Waals surface area contributed by atoms with Crippen molar-refractivity contribution in [1.29, 1.82) is 0 Å². The van der Waals surface area contributed by atoms with E-state index in [2.05, 4.69) is 230 Å². The summed E-state index contributed by atoms with van der Waals surface area (Å²) < 4.78 is 0. The fraction of sp³-hybridized carbons (Fsp3) is 0.119. The van der Waals surface area contributed by atoms with E-state index in [4.69, 9.17) is 0 Å². The van der Waals surface area contributed by atoms with Crippen molar-refractivity contribution in [3.63, 3.8) is 0 Å². The molecule has 0 saturated heterocycles. The van der Waals surface area contributed by atoms with Gasteiger partial charge in [-0.1, -0.05) is 154 Å². The molecule has 0 radical (unpaired) electrons. The first-order chi connectivity index (χ1) is 30.7. The standard InChI is InChI=1S/C59H48N2Si2/c1-62(2)54-24-13-11-20-45(54)47-30-27-42(37-56(47)62)60(39-16-7-5-8-17-39)41-26-29-44-49-22-15-23-50-53(33-32-51(58(49)50)59(34-35-59)52(44)36-41)61(40-18-9-6-10-19-40)43-28-31-48-46-21-12-14-25-55(46)63(3,4)57(48)38-43/h5-33,36-38H,34-35H2,1-4H3. The van der Waals surface area contributed by atoms with Crippen LogP contribution >= 0.6 is 0 Å². The van der Waals surface area contributed by atoms with Crippen LogP contribution in [-0.4, -0.2) is 16.1 Å². The van der Waals surface area contributed by atoms with Gasteiger partial charge in [-0.05, 0) is 150 Å². The summed E-state index contributed by atoms with van der Waals surface area (Å²) in [5.74, 6) is 0. The highest BCUT2D eigenvalue weighted by Crippen LogP contribution is 2.63. The van der Waals surface area contributed by atoms with Crippen LogP contribution in [-0.2, 0) is 5.41 Å². The van der Waals surface area contributed by atoms with Crippen LogP contribution in [0.5, 0.6) is 0 Å². The number of nitrogens with zero attached hydrogens (tertiary/aromatic N) is 2. The molecule has 9 aromatic rings. The number of rotatable bonds is 6. The lowest BCUT2D eigenvalue weighted by molar-refractivity contribution is 0.853. The zero-order chi connectivity index (χ0) is 42.2. The van der Waals surface area contributed by atoms with E-state index in [1.165, 1.54) is 105 Å². The summed E-state index contributed by atoms with van der Waals surface area (Å²) in [6.07, 6.45) is 2.31.